The molecule has 0 aromatic heterocycles. The molecule has 2 heterocycles. The average Bonchev–Trinajstić information content (AvgIpc) is 2.65. The standard InChI is InChI=1S/C18H30N4O2S/c1-2-22-15-9-4-3-8-14(15)21-17(18(22)24)25-12-16(23)20-11-13-7-5-6-10-19-13/h13-15,19H,2-12H2,1H3,(H,20,23). The molecule has 1 saturated carbocycles. The molecule has 0 radical (unpaired) electrons. The molecule has 1 aliphatic carbocycles. The average molecular weight is 367 g/mol. The number of piperidine rings is 1. The first kappa shape index (κ1) is 18.7. The third-order valence-electron chi connectivity index (χ3n) is 5.46. The lowest BCUT2D eigenvalue weighted by atomic mass is 9.88. The zero-order chi connectivity index (χ0) is 17.6. The first-order chi connectivity index (χ1) is 12.2. The van der Waals surface area contributed by atoms with Crippen molar-refractivity contribution in [3.63, 3.8) is 0 Å². The van der Waals surface area contributed by atoms with Crippen molar-refractivity contribution in [1.29, 1.82) is 0 Å². The van der Waals surface area contributed by atoms with Gasteiger partial charge in [0.15, 0.2) is 5.04 Å². The Morgan fingerprint density at radius 1 is 1.28 bits per heavy atom. The fourth-order valence-corrected chi connectivity index (χ4v) is 4.90. The Balaban J connectivity index is 1.50. The van der Waals surface area contributed by atoms with Crippen molar-refractivity contribution in [2.45, 2.75) is 70.0 Å². The molecule has 3 aliphatic rings. The van der Waals surface area contributed by atoms with Gasteiger partial charge in [0.25, 0.3) is 5.91 Å². The molecule has 2 fully saturated rings. The Morgan fingerprint density at radius 2 is 2.08 bits per heavy atom. The van der Waals surface area contributed by atoms with Gasteiger partial charge in [-0.05, 0) is 39.2 Å². The van der Waals surface area contributed by atoms with Gasteiger partial charge in [-0.1, -0.05) is 31.0 Å². The molecule has 3 unspecified atom stereocenters. The van der Waals surface area contributed by atoms with Crippen molar-refractivity contribution in [1.82, 2.24) is 15.5 Å². The second kappa shape index (κ2) is 9.03. The van der Waals surface area contributed by atoms with Crippen LogP contribution in [-0.2, 0) is 9.59 Å². The summed E-state index contributed by atoms with van der Waals surface area (Å²) < 4.78 is 0. The summed E-state index contributed by atoms with van der Waals surface area (Å²) in [4.78, 5) is 31.5. The smallest absolute Gasteiger partial charge is 0.278 e. The molecule has 0 aromatic carbocycles. The van der Waals surface area contributed by atoms with Crippen LogP contribution in [0.4, 0.5) is 0 Å². The maximum Gasteiger partial charge on any atom is 0.278 e. The quantitative estimate of drug-likeness (QED) is 0.774. The van der Waals surface area contributed by atoms with E-state index in [9.17, 15) is 9.59 Å². The summed E-state index contributed by atoms with van der Waals surface area (Å²) in [5.74, 6) is 0.269. The summed E-state index contributed by atoms with van der Waals surface area (Å²) in [5.41, 5.74) is 0. The van der Waals surface area contributed by atoms with Crippen LogP contribution in [-0.4, -0.2) is 65.3 Å². The van der Waals surface area contributed by atoms with Gasteiger partial charge in [-0.25, -0.2) is 0 Å². The highest BCUT2D eigenvalue weighted by molar-refractivity contribution is 8.16. The van der Waals surface area contributed by atoms with E-state index in [4.69, 9.17) is 4.99 Å². The lowest BCUT2D eigenvalue weighted by Gasteiger charge is -2.41. The molecule has 2 amide bonds. The topological polar surface area (TPSA) is 73.8 Å². The van der Waals surface area contributed by atoms with Gasteiger partial charge in [0, 0.05) is 19.1 Å². The van der Waals surface area contributed by atoms with Crippen LogP contribution < -0.4 is 10.6 Å². The van der Waals surface area contributed by atoms with Crippen molar-refractivity contribution in [2.24, 2.45) is 4.99 Å². The number of carbonyl (C=O) groups is 2. The molecule has 0 bridgehead atoms. The molecule has 6 nitrogen and oxygen atoms in total. The summed E-state index contributed by atoms with van der Waals surface area (Å²) in [6.45, 7) is 4.46. The molecule has 3 rings (SSSR count). The number of hydrogen-bond acceptors (Lipinski definition) is 5. The molecule has 2 N–H and O–H groups in total. The number of nitrogens with one attached hydrogen (secondary N) is 2. The molecular formula is C18H30N4O2S. The van der Waals surface area contributed by atoms with E-state index in [-0.39, 0.29) is 29.7 Å². The van der Waals surface area contributed by atoms with E-state index in [0.29, 0.717) is 17.6 Å². The SMILES string of the molecule is CCN1C(=O)C(SCC(=O)NCC2CCCCN2)=NC2CCCCC21. The fraction of sp³-hybridized carbons (Fsp3) is 0.833. The van der Waals surface area contributed by atoms with Crippen LogP contribution in [0.15, 0.2) is 4.99 Å². The van der Waals surface area contributed by atoms with Crippen LogP contribution in [0.5, 0.6) is 0 Å². The third kappa shape index (κ3) is 4.76. The Morgan fingerprint density at radius 3 is 2.84 bits per heavy atom. The van der Waals surface area contributed by atoms with Crippen LogP contribution >= 0.6 is 11.8 Å². The molecule has 1 saturated heterocycles. The number of likely N-dealkylation sites (N-methyl/N-ethyl adjacent to an activating group) is 1. The van der Waals surface area contributed by atoms with Crippen molar-refractivity contribution in [3.05, 3.63) is 0 Å². The second-order valence-electron chi connectivity index (χ2n) is 7.18. The number of carbonyl (C=O) groups excluding carboxylic acids is 2. The number of fused-ring (bicyclic) bond motifs is 1. The Labute approximate surface area is 154 Å². The van der Waals surface area contributed by atoms with Crippen LogP contribution in [0.3, 0.4) is 0 Å². The van der Waals surface area contributed by atoms with E-state index in [1.807, 2.05) is 11.8 Å². The van der Waals surface area contributed by atoms with Crippen LogP contribution in [0.1, 0.15) is 51.9 Å². The van der Waals surface area contributed by atoms with Gasteiger partial charge in [-0.2, -0.15) is 0 Å². The predicted octanol–water partition coefficient (Wildman–Crippen LogP) is 1.55. The summed E-state index contributed by atoms with van der Waals surface area (Å²) in [6, 6.07) is 0.875. The Bertz CT molecular complexity index is 519. The lowest BCUT2D eigenvalue weighted by molar-refractivity contribution is -0.127. The van der Waals surface area contributed by atoms with E-state index >= 15 is 0 Å². The van der Waals surface area contributed by atoms with Crippen molar-refractivity contribution in [3.8, 4) is 0 Å². The van der Waals surface area contributed by atoms with Crippen LogP contribution in [0.25, 0.3) is 0 Å². The van der Waals surface area contributed by atoms with E-state index in [0.717, 1.165) is 32.4 Å². The van der Waals surface area contributed by atoms with Crippen LogP contribution in [0.2, 0.25) is 0 Å². The molecule has 3 atom stereocenters. The number of aliphatic imine (C=N–C) groups is 1. The maximum absolute atomic E-state index is 12.7. The molecule has 140 valence electrons. The Hall–Kier alpha value is -1.08. The van der Waals surface area contributed by atoms with E-state index in [2.05, 4.69) is 10.6 Å². The van der Waals surface area contributed by atoms with Gasteiger partial charge in [-0.3, -0.25) is 14.6 Å². The van der Waals surface area contributed by atoms with Gasteiger partial charge in [0.05, 0.1) is 17.8 Å². The van der Waals surface area contributed by atoms with Crippen molar-refractivity contribution < 1.29 is 9.59 Å². The van der Waals surface area contributed by atoms with Crippen molar-refractivity contribution in [2.75, 3.05) is 25.4 Å². The normalized spacial score (nSPS) is 29.8. The highest BCUT2D eigenvalue weighted by Crippen LogP contribution is 2.30. The summed E-state index contributed by atoms with van der Waals surface area (Å²) >= 11 is 1.30. The number of hydrogen-bond donors (Lipinski definition) is 2. The summed E-state index contributed by atoms with van der Waals surface area (Å²) in [7, 11) is 0. The number of thioether (sulfide) groups is 1. The van der Waals surface area contributed by atoms with Gasteiger partial charge >= 0.3 is 0 Å². The number of nitrogens with zero attached hydrogens (tertiary/aromatic N) is 2. The van der Waals surface area contributed by atoms with Gasteiger partial charge in [0.2, 0.25) is 5.91 Å². The molecule has 7 heteroatoms. The molecule has 25 heavy (non-hydrogen) atoms. The van der Waals surface area contributed by atoms with E-state index < -0.39 is 0 Å². The first-order valence-corrected chi connectivity index (χ1v) is 10.7. The van der Waals surface area contributed by atoms with E-state index in [1.165, 1.54) is 37.4 Å². The monoisotopic (exact) mass is 366 g/mol. The second-order valence-corrected chi connectivity index (χ2v) is 8.15. The highest BCUT2D eigenvalue weighted by Gasteiger charge is 2.38. The first-order valence-electron chi connectivity index (χ1n) is 9.70. The largest absolute Gasteiger partial charge is 0.354 e. The van der Waals surface area contributed by atoms with Crippen molar-refractivity contribution >= 4 is 28.6 Å². The minimum absolute atomic E-state index is 0.0115. The predicted molar refractivity (Wildman–Crippen MR) is 102 cm³/mol. The zero-order valence-electron chi connectivity index (χ0n) is 15.1. The molecule has 0 aromatic rings. The molecule has 2 aliphatic heterocycles. The maximum atomic E-state index is 12.7. The zero-order valence-corrected chi connectivity index (χ0v) is 15.9. The Kier molecular flexibility index (Phi) is 6.76. The van der Waals surface area contributed by atoms with Crippen LogP contribution in [0, 0.1) is 0 Å². The summed E-state index contributed by atoms with van der Waals surface area (Å²) in [5, 5.41) is 6.94. The summed E-state index contributed by atoms with van der Waals surface area (Å²) in [6.07, 6.45) is 8.04. The van der Waals surface area contributed by atoms with Gasteiger partial charge in [-0.15, -0.1) is 0 Å². The fourth-order valence-electron chi connectivity index (χ4n) is 4.08. The minimum Gasteiger partial charge on any atom is -0.354 e. The lowest BCUT2D eigenvalue weighted by Crippen LogP contribution is -2.53. The minimum atomic E-state index is -0.0123. The number of amides is 2. The highest BCUT2D eigenvalue weighted by atomic mass is 32.2. The van der Waals surface area contributed by atoms with Gasteiger partial charge in [0.1, 0.15) is 0 Å². The van der Waals surface area contributed by atoms with Gasteiger partial charge < -0.3 is 15.5 Å². The van der Waals surface area contributed by atoms with E-state index in [1.54, 1.807) is 0 Å². The molecule has 0 spiro atoms. The molecular weight excluding hydrogens is 336 g/mol. The number of rotatable bonds is 5. The third-order valence-corrected chi connectivity index (χ3v) is 6.42.